The molecule has 9 nitrogen and oxygen atoms in total. The summed E-state index contributed by atoms with van der Waals surface area (Å²) in [6.07, 6.45) is 55.8. The number of carbonyl (C=O) groups is 3. The van der Waals surface area contributed by atoms with Crippen LogP contribution in [0, 0.1) is 0 Å². The van der Waals surface area contributed by atoms with Gasteiger partial charge in [-0.25, -0.2) is 0 Å². The average Bonchev–Trinajstić information content (AvgIpc) is 3.24. The molecule has 358 valence electrons. The van der Waals surface area contributed by atoms with Crippen LogP contribution in [0.1, 0.15) is 168 Å². The van der Waals surface area contributed by atoms with Crippen LogP contribution in [0.25, 0.3) is 0 Å². The highest BCUT2D eigenvalue weighted by Gasteiger charge is 2.21. The maximum absolute atomic E-state index is 12.8. The topological polar surface area (TPSA) is 111 Å². The molecule has 0 heterocycles. The third-order valence-corrected chi connectivity index (χ3v) is 9.83. The number of ether oxygens (including phenoxy) is 4. The standard InChI is InChI=1S/C54H89NO8/c1-6-8-10-12-14-16-18-20-22-24-25-26-27-29-31-33-35-37-39-41-43-45-52(57)63-50(49-62-54(53(58)59)60-47-46-55(3,4)5)48-61-51(56)44-42-40-38-36-34-32-30-28-23-21-19-17-15-13-11-9-7-2/h8-11,14-17,20-23,25-26,29,31,50,54H,6-7,12-13,18-19,24,27-28,30,32-49H2,1-5H3/b10-8-,11-9-,16-14-,17-15-,22-20-,23-21-,26-25-,31-29-. The summed E-state index contributed by atoms with van der Waals surface area (Å²) in [5, 5.41) is 11.7. The van der Waals surface area contributed by atoms with Crippen LogP contribution in [-0.4, -0.2) is 82.3 Å². The molecule has 0 aromatic rings. The lowest BCUT2D eigenvalue weighted by molar-refractivity contribution is -0.870. The first-order valence-corrected chi connectivity index (χ1v) is 24.4. The molecule has 0 bridgehead atoms. The van der Waals surface area contributed by atoms with Crippen LogP contribution in [0.3, 0.4) is 0 Å². The van der Waals surface area contributed by atoms with Gasteiger partial charge in [0.1, 0.15) is 13.2 Å². The summed E-state index contributed by atoms with van der Waals surface area (Å²) in [5.41, 5.74) is 0. The maximum Gasteiger partial charge on any atom is 0.306 e. The normalized spacial score (nSPS) is 13.7. The van der Waals surface area contributed by atoms with Crippen LogP contribution < -0.4 is 5.11 Å². The van der Waals surface area contributed by atoms with Crippen LogP contribution in [-0.2, 0) is 33.3 Å². The van der Waals surface area contributed by atoms with Gasteiger partial charge in [-0.1, -0.05) is 162 Å². The van der Waals surface area contributed by atoms with Gasteiger partial charge >= 0.3 is 11.9 Å². The minimum Gasteiger partial charge on any atom is -0.545 e. The molecule has 9 heteroatoms. The Bertz CT molecular complexity index is 1350. The van der Waals surface area contributed by atoms with E-state index in [2.05, 4.69) is 111 Å². The highest BCUT2D eigenvalue weighted by Crippen LogP contribution is 2.13. The van der Waals surface area contributed by atoms with Crippen molar-refractivity contribution in [1.82, 2.24) is 0 Å². The maximum atomic E-state index is 12.8. The molecule has 0 saturated heterocycles. The predicted molar refractivity (Wildman–Crippen MR) is 260 cm³/mol. The molecule has 0 aliphatic rings. The van der Waals surface area contributed by atoms with Crippen molar-refractivity contribution in [3.05, 3.63) is 97.2 Å². The molecule has 0 radical (unpaired) electrons. The van der Waals surface area contributed by atoms with E-state index in [1.54, 1.807) is 0 Å². The molecule has 0 aromatic carbocycles. The Morgan fingerprint density at radius 3 is 1.27 bits per heavy atom. The van der Waals surface area contributed by atoms with Crippen molar-refractivity contribution in [3.8, 4) is 0 Å². The molecule has 0 aliphatic carbocycles. The summed E-state index contributed by atoms with van der Waals surface area (Å²) in [5.74, 6) is -2.34. The minimum atomic E-state index is -1.63. The second-order valence-corrected chi connectivity index (χ2v) is 17.0. The second kappa shape index (κ2) is 44.8. The molecule has 0 aromatic heterocycles. The summed E-state index contributed by atoms with van der Waals surface area (Å²) in [6, 6.07) is 0. The number of carboxylic acid groups (broad SMARTS) is 1. The number of allylic oxidation sites excluding steroid dienone is 16. The molecule has 0 rings (SSSR count). The molecule has 63 heavy (non-hydrogen) atoms. The number of hydrogen-bond donors (Lipinski definition) is 0. The quantitative estimate of drug-likeness (QED) is 0.0196. The van der Waals surface area contributed by atoms with Crippen molar-refractivity contribution in [2.45, 2.75) is 180 Å². The monoisotopic (exact) mass is 880 g/mol. The van der Waals surface area contributed by atoms with E-state index in [-0.39, 0.29) is 38.6 Å². The summed E-state index contributed by atoms with van der Waals surface area (Å²) in [4.78, 5) is 37.1. The van der Waals surface area contributed by atoms with Gasteiger partial charge in [0.15, 0.2) is 12.4 Å². The fraction of sp³-hybridized carbons (Fsp3) is 0.648. The largest absolute Gasteiger partial charge is 0.545 e. The van der Waals surface area contributed by atoms with E-state index in [9.17, 15) is 19.5 Å². The van der Waals surface area contributed by atoms with Gasteiger partial charge in [-0.05, 0) is 89.9 Å². The smallest absolute Gasteiger partial charge is 0.306 e. The molecule has 0 N–H and O–H groups in total. The van der Waals surface area contributed by atoms with Crippen LogP contribution in [0.4, 0.5) is 0 Å². The van der Waals surface area contributed by atoms with E-state index in [1.807, 2.05) is 21.1 Å². The van der Waals surface area contributed by atoms with E-state index in [0.717, 1.165) is 116 Å². The van der Waals surface area contributed by atoms with E-state index in [4.69, 9.17) is 18.9 Å². The fourth-order valence-electron chi connectivity index (χ4n) is 6.10. The average molecular weight is 880 g/mol. The molecule has 0 aliphatic heterocycles. The van der Waals surface area contributed by atoms with E-state index in [1.165, 1.54) is 19.3 Å². The first-order chi connectivity index (χ1) is 30.6. The zero-order chi connectivity index (χ0) is 46.3. The molecular formula is C54H89NO8. The highest BCUT2D eigenvalue weighted by atomic mass is 16.7. The zero-order valence-corrected chi connectivity index (χ0v) is 40.4. The van der Waals surface area contributed by atoms with Gasteiger partial charge in [-0.2, -0.15) is 0 Å². The zero-order valence-electron chi connectivity index (χ0n) is 40.4. The van der Waals surface area contributed by atoms with Crippen molar-refractivity contribution < 1.29 is 42.9 Å². The minimum absolute atomic E-state index is 0.136. The molecule has 2 unspecified atom stereocenters. The molecule has 0 fully saturated rings. The lowest BCUT2D eigenvalue weighted by Gasteiger charge is -2.26. The van der Waals surface area contributed by atoms with Crippen LogP contribution in [0.2, 0.25) is 0 Å². The van der Waals surface area contributed by atoms with Crippen molar-refractivity contribution in [2.75, 3.05) is 47.5 Å². The highest BCUT2D eigenvalue weighted by molar-refractivity contribution is 5.70. The summed E-state index contributed by atoms with van der Waals surface area (Å²) in [6.45, 7) is 4.46. The number of nitrogens with zero attached hydrogens (tertiary/aromatic N) is 1. The number of unbranched alkanes of at least 4 members (excludes halogenated alkanes) is 12. The summed E-state index contributed by atoms with van der Waals surface area (Å²) >= 11 is 0. The molecular weight excluding hydrogens is 791 g/mol. The van der Waals surface area contributed by atoms with E-state index in [0.29, 0.717) is 17.4 Å². The number of aliphatic carboxylic acids is 1. The Hall–Kier alpha value is -3.79. The van der Waals surface area contributed by atoms with Gasteiger partial charge in [-0.15, -0.1) is 0 Å². The van der Waals surface area contributed by atoms with Gasteiger partial charge < -0.3 is 33.3 Å². The van der Waals surface area contributed by atoms with Crippen molar-refractivity contribution in [2.24, 2.45) is 0 Å². The molecule has 0 spiro atoms. The van der Waals surface area contributed by atoms with E-state index < -0.39 is 24.3 Å². The second-order valence-electron chi connectivity index (χ2n) is 17.0. The molecule has 0 amide bonds. The lowest BCUT2D eigenvalue weighted by Crippen LogP contribution is -2.44. The Balaban J connectivity index is 4.46. The number of rotatable bonds is 43. The van der Waals surface area contributed by atoms with Crippen molar-refractivity contribution in [1.29, 1.82) is 0 Å². The van der Waals surface area contributed by atoms with Crippen LogP contribution >= 0.6 is 0 Å². The fourth-order valence-corrected chi connectivity index (χ4v) is 6.10. The first-order valence-electron chi connectivity index (χ1n) is 24.4. The lowest BCUT2D eigenvalue weighted by atomic mass is 10.1. The Kier molecular flexibility index (Phi) is 42.1. The van der Waals surface area contributed by atoms with E-state index >= 15 is 0 Å². The number of hydrogen-bond acceptors (Lipinski definition) is 8. The predicted octanol–water partition coefficient (Wildman–Crippen LogP) is 12.1. The number of esters is 2. The van der Waals surface area contributed by atoms with Gasteiger partial charge in [0.05, 0.1) is 40.3 Å². The summed E-state index contributed by atoms with van der Waals surface area (Å²) < 4.78 is 22.6. The first kappa shape index (κ1) is 59.2. The third-order valence-electron chi connectivity index (χ3n) is 9.83. The number of carbonyl (C=O) groups excluding carboxylic acids is 3. The third kappa shape index (κ3) is 46.0. The van der Waals surface area contributed by atoms with Gasteiger partial charge in [0, 0.05) is 12.8 Å². The van der Waals surface area contributed by atoms with Gasteiger partial charge in [0.25, 0.3) is 0 Å². The number of carboxylic acids is 1. The SMILES string of the molecule is CC/C=C\C/C=C\C/C=C\C/C=C\C/C=C\CCCCCCCC(=O)OC(COC(=O)CCCCCCCCC/C=C\C/C=C\C/C=C\CC)COC(OCC[N+](C)(C)C)C(=O)[O-]. The van der Waals surface area contributed by atoms with Gasteiger partial charge in [0.2, 0.25) is 0 Å². The van der Waals surface area contributed by atoms with Crippen LogP contribution in [0.5, 0.6) is 0 Å². The van der Waals surface area contributed by atoms with Gasteiger partial charge in [-0.3, -0.25) is 9.59 Å². The molecule has 2 atom stereocenters. The number of likely N-dealkylation sites (N-methyl/N-ethyl adjacent to an activating group) is 1. The van der Waals surface area contributed by atoms with Crippen molar-refractivity contribution >= 4 is 17.9 Å². The van der Waals surface area contributed by atoms with Crippen LogP contribution in [0.15, 0.2) is 97.2 Å². The molecule has 0 saturated carbocycles. The van der Waals surface area contributed by atoms with Crippen molar-refractivity contribution in [3.63, 3.8) is 0 Å². The number of quaternary nitrogens is 1. The Morgan fingerprint density at radius 2 is 0.857 bits per heavy atom. The Morgan fingerprint density at radius 1 is 0.476 bits per heavy atom. The Labute approximate surface area is 384 Å². The summed E-state index contributed by atoms with van der Waals surface area (Å²) in [7, 11) is 5.89.